The summed E-state index contributed by atoms with van der Waals surface area (Å²) in [7, 11) is -3.76. The summed E-state index contributed by atoms with van der Waals surface area (Å²) >= 11 is 5.78. The van der Waals surface area contributed by atoms with Crippen molar-refractivity contribution in [3.63, 3.8) is 0 Å². The van der Waals surface area contributed by atoms with E-state index in [4.69, 9.17) is 16.7 Å². The van der Waals surface area contributed by atoms with Gasteiger partial charge in [0.1, 0.15) is 0 Å². The normalized spacial score (nSPS) is 11.1. The summed E-state index contributed by atoms with van der Waals surface area (Å²) in [5.74, 6) is -0.982. The molecule has 0 fully saturated rings. The molecule has 21 heavy (non-hydrogen) atoms. The van der Waals surface area contributed by atoms with E-state index in [-0.39, 0.29) is 11.3 Å². The third-order valence-corrected chi connectivity index (χ3v) is 4.25. The molecule has 0 amide bonds. The van der Waals surface area contributed by atoms with Crippen LogP contribution in [0.4, 0.5) is 5.69 Å². The summed E-state index contributed by atoms with van der Waals surface area (Å²) in [5, 5.41) is 9.06. The highest BCUT2D eigenvalue weighted by atomic mass is 35.5. The molecule has 0 radical (unpaired) electrons. The SMILES string of the molecule is O=C(O)Cc1cccc(NS(=O)(=O)c2cccc(Cl)c2)c1. The highest BCUT2D eigenvalue weighted by molar-refractivity contribution is 7.92. The molecule has 7 heteroatoms. The van der Waals surface area contributed by atoms with E-state index in [1.54, 1.807) is 24.3 Å². The average Bonchev–Trinajstić information content (AvgIpc) is 2.37. The predicted octanol–water partition coefficient (Wildman–Crippen LogP) is 2.77. The van der Waals surface area contributed by atoms with E-state index in [1.165, 1.54) is 24.3 Å². The van der Waals surface area contributed by atoms with Crippen molar-refractivity contribution in [1.29, 1.82) is 0 Å². The monoisotopic (exact) mass is 325 g/mol. The van der Waals surface area contributed by atoms with Gasteiger partial charge in [0.05, 0.1) is 11.3 Å². The van der Waals surface area contributed by atoms with Gasteiger partial charge in [-0.2, -0.15) is 0 Å². The quantitative estimate of drug-likeness (QED) is 0.885. The zero-order chi connectivity index (χ0) is 15.5. The largest absolute Gasteiger partial charge is 0.481 e. The maximum atomic E-state index is 12.2. The predicted molar refractivity (Wildman–Crippen MR) is 80.0 cm³/mol. The number of sulfonamides is 1. The molecule has 5 nitrogen and oxygen atoms in total. The molecular formula is C14H12ClNO4S. The lowest BCUT2D eigenvalue weighted by Crippen LogP contribution is -2.13. The molecule has 0 aromatic heterocycles. The number of benzene rings is 2. The topological polar surface area (TPSA) is 83.5 Å². The summed E-state index contributed by atoms with van der Waals surface area (Å²) in [6, 6.07) is 12.1. The number of aliphatic carboxylic acids is 1. The molecular weight excluding hydrogens is 314 g/mol. The highest BCUT2D eigenvalue weighted by Crippen LogP contribution is 2.20. The molecule has 0 aliphatic carbocycles. The number of halogens is 1. The lowest BCUT2D eigenvalue weighted by atomic mass is 10.1. The Hall–Kier alpha value is -2.05. The third-order valence-electron chi connectivity index (χ3n) is 2.64. The molecule has 0 heterocycles. The molecule has 2 N–H and O–H groups in total. The third kappa shape index (κ3) is 4.21. The van der Waals surface area contributed by atoms with Crippen molar-refractivity contribution < 1.29 is 18.3 Å². The average molecular weight is 326 g/mol. The van der Waals surface area contributed by atoms with Gasteiger partial charge in [-0.25, -0.2) is 8.42 Å². The van der Waals surface area contributed by atoms with Crippen LogP contribution < -0.4 is 4.72 Å². The zero-order valence-electron chi connectivity index (χ0n) is 10.8. The van der Waals surface area contributed by atoms with Gasteiger partial charge in [0.2, 0.25) is 0 Å². The molecule has 2 aromatic rings. The standard InChI is InChI=1S/C14H12ClNO4S/c15-11-4-2-6-13(9-11)21(19,20)16-12-5-1-3-10(7-12)8-14(17)18/h1-7,9,16H,8H2,(H,17,18). The van der Waals surface area contributed by atoms with Crippen LogP contribution in [-0.2, 0) is 21.2 Å². The fraction of sp³-hybridized carbons (Fsp3) is 0.0714. The Morgan fingerprint density at radius 3 is 2.52 bits per heavy atom. The van der Waals surface area contributed by atoms with E-state index in [2.05, 4.69) is 4.72 Å². The summed E-state index contributed by atoms with van der Waals surface area (Å²) in [4.78, 5) is 10.7. The second-order valence-electron chi connectivity index (χ2n) is 4.33. The lowest BCUT2D eigenvalue weighted by Gasteiger charge is -2.09. The lowest BCUT2D eigenvalue weighted by molar-refractivity contribution is -0.136. The van der Waals surface area contributed by atoms with Crippen LogP contribution >= 0.6 is 11.6 Å². The molecule has 2 aromatic carbocycles. The molecule has 0 aliphatic rings. The van der Waals surface area contributed by atoms with E-state index in [0.29, 0.717) is 16.3 Å². The van der Waals surface area contributed by atoms with E-state index in [9.17, 15) is 13.2 Å². The minimum atomic E-state index is -3.76. The second kappa shape index (κ2) is 6.15. The number of anilines is 1. The van der Waals surface area contributed by atoms with Gasteiger partial charge in [0, 0.05) is 10.7 Å². The van der Waals surface area contributed by atoms with Gasteiger partial charge in [0.25, 0.3) is 10.0 Å². The Morgan fingerprint density at radius 2 is 1.86 bits per heavy atom. The van der Waals surface area contributed by atoms with Gasteiger partial charge in [-0.3, -0.25) is 9.52 Å². The molecule has 0 spiro atoms. The fourth-order valence-electron chi connectivity index (χ4n) is 1.77. The Morgan fingerprint density at radius 1 is 1.14 bits per heavy atom. The maximum absolute atomic E-state index is 12.2. The maximum Gasteiger partial charge on any atom is 0.307 e. The molecule has 0 aliphatic heterocycles. The Balaban J connectivity index is 2.26. The van der Waals surface area contributed by atoms with Crippen molar-refractivity contribution in [2.75, 3.05) is 4.72 Å². The number of nitrogens with one attached hydrogen (secondary N) is 1. The van der Waals surface area contributed by atoms with Crippen LogP contribution in [0, 0.1) is 0 Å². The van der Waals surface area contributed by atoms with Crippen LogP contribution in [-0.4, -0.2) is 19.5 Å². The van der Waals surface area contributed by atoms with Crippen molar-refractivity contribution in [3.8, 4) is 0 Å². The first kappa shape index (κ1) is 15.3. The fourth-order valence-corrected chi connectivity index (χ4v) is 3.12. The molecule has 2 rings (SSSR count). The summed E-state index contributed by atoms with van der Waals surface area (Å²) in [6.07, 6.45) is -0.174. The van der Waals surface area contributed by atoms with Crippen molar-refractivity contribution in [1.82, 2.24) is 0 Å². The van der Waals surface area contributed by atoms with Crippen molar-refractivity contribution in [3.05, 3.63) is 59.1 Å². The van der Waals surface area contributed by atoms with E-state index < -0.39 is 16.0 Å². The van der Waals surface area contributed by atoms with Crippen LogP contribution in [0.2, 0.25) is 5.02 Å². The van der Waals surface area contributed by atoms with Gasteiger partial charge in [-0.05, 0) is 35.9 Å². The van der Waals surface area contributed by atoms with Gasteiger partial charge in [-0.15, -0.1) is 0 Å². The van der Waals surface area contributed by atoms with Gasteiger partial charge >= 0.3 is 5.97 Å². The molecule has 0 unspecified atom stereocenters. The zero-order valence-corrected chi connectivity index (χ0v) is 12.4. The number of hydrogen-bond acceptors (Lipinski definition) is 3. The van der Waals surface area contributed by atoms with Crippen molar-refractivity contribution >= 4 is 33.3 Å². The van der Waals surface area contributed by atoms with Gasteiger partial charge < -0.3 is 5.11 Å². The van der Waals surface area contributed by atoms with Crippen molar-refractivity contribution in [2.45, 2.75) is 11.3 Å². The Bertz CT molecular complexity index is 774. The number of rotatable bonds is 5. The molecule has 0 bridgehead atoms. The number of carboxylic acid groups (broad SMARTS) is 1. The van der Waals surface area contributed by atoms with Crippen LogP contribution in [0.25, 0.3) is 0 Å². The first-order valence-corrected chi connectivity index (χ1v) is 7.82. The summed E-state index contributed by atoms with van der Waals surface area (Å²) in [6.45, 7) is 0. The minimum Gasteiger partial charge on any atom is -0.481 e. The smallest absolute Gasteiger partial charge is 0.307 e. The molecule has 0 atom stereocenters. The van der Waals surface area contributed by atoms with Crippen LogP contribution in [0.3, 0.4) is 0 Å². The van der Waals surface area contributed by atoms with Crippen molar-refractivity contribution in [2.24, 2.45) is 0 Å². The summed E-state index contributed by atoms with van der Waals surface area (Å²) in [5.41, 5.74) is 0.808. The molecule has 0 saturated heterocycles. The summed E-state index contributed by atoms with van der Waals surface area (Å²) < 4.78 is 26.8. The molecule has 0 saturated carbocycles. The van der Waals surface area contributed by atoms with Crippen LogP contribution in [0.15, 0.2) is 53.4 Å². The Labute approximate surface area is 127 Å². The van der Waals surface area contributed by atoms with E-state index >= 15 is 0 Å². The second-order valence-corrected chi connectivity index (χ2v) is 6.45. The molecule has 110 valence electrons. The van der Waals surface area contributed by atoms with E-state index in [1.807, 2.05) is 0 Å². The van der Waals surface area contributed by atoms with Gasteiger partial charge in [0.15, 0.2) is 0 Å². The number of carbonyl (C=O) groups is 1. The highest BCUT2D eigenvalue weighted by Gasteiger charge is 2.14. The number of hydrogen-bond donors (Lipinski definition) is 2. The number of carboxylic acids is 1. The first-order chi connectivity index (χ1) is 9.87. The minimum absolute atomic E-state index is 0.0404. The Kier molecular flexibility index (Phi) is 4.50. The van der Waals surface area contributed by atoms with Gasteiger partial charge in [-0.1, -0.05) is 29.8 Å². The van der Waals surface area contributed by atoms with Crippen LogP contribution in [0.5, 0.6) is 0 Å². The van der Waals surface area contributed by atoms with Crippen LogP contribution in [0.1, 0.15) is 5.56 Å². The van der Waals surface area contributed by atoms with E-state index in [0.717, 1.165) is 0 Å². The first-order valence-electron chi connectivity index (χ1n) is 5.96.